The highest BCUT2D eigenvalue weighted by atomic mass is 32.1. The molecule has 42 heavy (non-hydrogen) atoms. The standard InChI is InChI=1S/C31H32F3N5O2S/c1-18(2)25-16-7-19(3)17-26(25)35-30(42)38(5)23-12-8-21(9-13-23)27-20(4)28(39(6)37-27)36-29(40)22-10-14-24(15-11-22)41-31(32,33)34/h7-18H,1-6H3,(H,35,42)(H,36,40). The average Bonchev–Trinajstić information content (AvgIpc) is 3.20. The number of benzene rings is 3. The molecule has 7 nitrogen and oxygen atoms in total. The molecule has 11 heteroatoms. The molecule has 0 radical (unpaired) electrons. The van der Waals surface area contributed by atoms with Crippen molar-refractivity contribution in [3.05, 3.63) is 89.0 Å². The van der Waals surface area contributed by atoms with Crippen LogP contribution in [-0.4, -0.2) is 34.2 Å². The monoisotopic (exact) mass is 595 g/mol. The smallest absolute Gasteiger partial charge is 0.406 e. The minimum absolute atomic E-state index is 0.176. The second-order valence-corrected chi connectivity index (χ2v) is 10.6. The average molecular weight is 596 g/mol. The summed E-state index contributed by atoms with van der Waals surface area (Å²) in [4.78, 5) is 14.7. The Labute approximate surface area is 248 Å². The molecule has 0 fully saturated rings. The highest BCUT2D eigenvalue weighted by molar-refractivity contribution is 7.80. The van der Waals surface area contributed by atoms with Crippen LogP contribution in [0.3, 0.4) is 0 Å². The van der Waals surface area contributed by atoms with Crippen molar-refractivity contribution in [2.75, 3.05) is 22.6 Å². The van der Waals surface area contributed by atoms with Gasteiger partial charge in [-0.1, -0.05) is 38.1 Å². The highest BCUT2D eigenvalue weighted by Gasteiger charge is 2.31. The summed E-state index contributed by atoms with van der Waals surface area (Å²) >= 11 is 5.71. The number of carbonyl (C=O) groups excluding carboxylic acids is 1. The maximum absolute atomic E-state index is 12.8. The van der Waals surface area contributed by atoms with Crippen LogP contribution < -0.4 is 20.3 Å². The van der Waals surface area contributed by atoms with Crippen LogP contribution in [0.5, 0.6) is 5.75 Å². The SMILES string of the molecule is Cc1ccc(C(C)C)c(NC(=S)N(C)c2ccc(-c3nn(C)c(NC(=O)c4ccc(OC(F)(F)F)cc4)c3C)cc2)c1. The second kappa shape index (κ2) is 12.2. The van der Waals surface area contributed by atoms with E-state index in [0.29, 0.717) is 22.5 Å². The number of hydrogen-bond acceptors (Lipinski definition) is 4. The molecule has 0 atom stereocenters. The lowest BCUT2D eigenvalue weighted by Crippen LogP contribution is -2.31. The lowest BCUT2D eigenvalue weighted by Gasteiger charge is -2.23. The summed E-state index contributed by atoms with van der Waals surface area (Å²) in [7, 11) is 3.60. The first-order chi connectivity index (χ1) is 19.7. The van der Waals surface area contributed by atoms with Gasteiger partial charge in [0.1, 0.15) is 11.6 Å². The van der Waals surface area contributed by atoms with Gasteiger partial charge in [-0.05, 0) is 85.6 Å². The first-order valence-electron chi connectivity index (χ1n) is 13.2. The summed E-state index contributed by atoms with van der Waals surface area (Å²) in [6, 6.07) is 18.8. The van der Waals surface area contributed by atoms with E-state index in [9.17, 15) is 18.0 Å². The number of anilines is 3. The van der Waals surface area contributed by atoms with Crippen LogP contribution in [0.15, 0.2) is 66.7 Å². The number of ether oxygens (including phenoxy) is 1. The number of carbonyl (C=O) groups is 1. The minimum atomic E-state index is -4.80. The summed E-state index contributed by atoms with van der Waals surface area (Å²) in [5.41, 5.74) is 6.64. The summed E-state index contributed by atoms with van der Waals surface area (Å²) in [6.07, 6.45) is -4.80. The van der Waals surface area contributed by atoms with Gasteiger partial charge in [0.15, 0.2) is 5.11 Å². The third kappa shape index (κ3) is 7.09. The minimum Gasteiger partial charge on any atom is -0.406 e. The molecule has 1 amide bonds. The van der Waals surface area contributed by atoms with E-state index in [0.717, 1.165) is 40.2 Å². The number of nitrogens with one attached hydrogen (secondary N) is 2. The quantitative estimate of drug-likeness (QED) is 0.212. The van der Waals surface area contributed by atoms with Crippen LogP contribution in [0, 0.1) is 13.8 Å². The molecule has 2 N–H and O–H groups in total. The lowest BCUT2D eigenvalue weighted by atomic mass is 9.99. The Bertz CT molecular complexity index is 1600. The number of halogens is 3. The summed E-state index contributed by atoms with van der Waals surface area (Å²) < 4.78 is 42.7. The van der Waals surface area contributed by atoms with Gasteiger partial charge in [-0.25, -0.2) is 0 Å². The van der Waals surface area contributed by atoms with E-state index in [1.54, 1.807) is 11.7 Å². The van der Waals surface area contributed by atoms with Crippen molar-refractivity contribution >= 4 is 40.4 Å². The van der Waals surface area contributed by atoms with Gasteiger partial charge < -0.3 is 20.3 Å². The van der Waals surface area contributed by atoms with Crippen molar-refractivity contribution in [1.82, 2.24) is 9.78 Å². The molecule has 0 unspecified atom stereocenters. The van der Waals surface area contributed by atoms with E-state index in [-0.39, 0.29) is 5.56 Å². The Morgan fingerprint density at radius 1 is 1.00 bits per heavy atom. The predicted molar refractivity (Wildman–Crippen MR) is 164 cm³/mol. The maximum atomic E-state index is 12.8. The number of thiocarbonyl (C=S) groups is 1. The molecule has 0 saturated heterocycles. The number of nitrogens with zero attached hydrogens (tertiary/aromatic N) is 3. The molecular weight excluding hydrogens is 563 g/mol. The third-order valence-electron chi connectivity index (χ3n) is 6.77. The number of rotatable bonds is 7. The van der Waals surface area contributed by atoms with E-state index >= 15 is 0 Å². The molecule has 1 aromatic heterocycles. The summed E-state index contributed by atoms with van der Waals surface area (Å²) in [6.45, 7) is 8.18. The molecular formula is C31H32F3N5O2S. The molecule has 0 aliphatic rings. The Morgan fingerprint density at radius 2 is 1.64 bits per heavy atom. The van der Waals surface area contributed by atoms with Gasteiger partial charge in [-0.3, -0.25) is 9.48 Å². The first kappa shape index (κ1) is 30.6. The first-order valence-corrected chi connectivity index (χ1v) is 13.6. The van der Waals surface area contributed by atoms with Gasteiger partial charge in [-0.2, -0.15) is 5.10 Å². The van der Waals surface area contributed by atoms with Crippen LogP contribution in [0.25, 0.3) is 11.3 Å². The zero-order chi connectivity index (χ0) is 30.8. The maximum Gasteiger partial charge on any atom is 0.573 e. The molecule has 1 heterocycles. The predicted octanol–water partition coefficient (Wildman–Crippen LogP) is 7.81. The van der Waals surface area contributed by atoms with E-state index in [1.165, 1.54) is 17.7 Å². The van der Waals surface area contributed by atoms with Crippen molar-refractivity contribution in [2.24, 2.45) is 7.05 Å². The van der Waals surface area contributed by atoms with Gasteiger partial charge in [0.05, 0.1) is 5.69 Å². The third-order valence-corrected chi connectivity index (χ3v) is 7.15. The topological polar surface area (TPSA) is 71.4 Å². The van der Waals surface area contributed by atoms with Crippen molar-refractivity contribution in [3.8, 4) is 17.0 Å². The largest absolute Gasteiger partial charge is 0.573 e. The van der Waals surface area contributed by atoms with Crippen molar-refractivity contribution < 1.29 is 22.7 Å². The van der Waals surface area contributed by atoms with Gasteiger partial charge >= 0.3 is 6.36 Å². The molecule has 4 aromatic rings. The molecule has 3 aromatic carbocycles. The van der Waals surface area contributed by atoms with E-state index in [1.807, 2.05) is 50.1 Å². The lowest BCUT2D eigenvalue weighted by molar-refractivity contribution is -0.274. The zero-order valence-electron chi connectivity index (χ0n) is 24.1. The molecule has 0 aliphatic carbocycles. The van der Waals surface area contributed by atoms with Crippen molar-refractivity contribution in [1.29, 1.82) is 0 Å². The van der Waals surface area contributed by atoms with Gasteiger partial charge in [-0.15, -0.1) is 13.2 Å². The van der Waals surface area contributed by atoms with Crippen LogP contribution in [0.1, 0.15) is 46.8 Å². The second-order valence-electron chi connectivity index (χ2n) is 10.3. The van der Waals surface area contributed by atoms with E-state index in [2.05, 4.69) is 52.5 Å². The molecule has 0 aliphatic heterocycles. The highest BCUT2D eigenvalue weighted by Crippen LogP contribution is 2.31. The Kier molecular flexibility index (Phi) is 8.91. The normalized spacial score (nSPS) is 11.4. The van der Waals surface area contributed by atoms with E-state index < -0.39 is 18.0 Å². The fourth-order valence-electron chi connectivity index (χ4n) is 4.51. The zero-order valence-corrected chi connectivity index (χ0v) is 24.9. The Morgan fingerprint density at radius 3 is 2.24 bits per heavy atom. The van der Waals surface area contributed by atoms with Gasteiger partial charge in [0.2, 0.25) is 0 Å². The van der Waals surface area contributed by atoms with E-state index in [4.69, 9.17) is 12.2 Å². The van der Waals surface area contributed by atoms with Crippen LogP contribution >= 0.6 is 12.2 Å². The number of hydrogen-bond donors (Lipinski definition) is 2. The van der Waals surface area contributed by atoms with Crippen LogP contribution in [-0.2, 0) is 7.05 Å². The summed E-state index contributed by atoms with van der Waals surface area (Å²) in [5, 5.41) is 11.3. The van der Waals surface area contributed by atoms with Crippen LogP contribution in [0.4, 0.5) is 30.4 Å². The molecule has 4 rings (SSSR count). The van der Waals surface area contributed by atoms with Crippen molar-refractivity contribution in [3.63, 3.8) is 0 Å². The van der Waals surface area contributed by atoms with Crippen molar-refractivity contribution in [2.45, 2.75) is 40.0 Å². The number of amides is 1. The summed E-state index contributed by atoms with van der Waals surface area (Å²) in [5.74, 6) is -0.0796. The molecule has 0 spiro atoms. The van der Waals surface area contributed by atoms with Gasteiger partial charge in [0.25, 0.3) is 5.91 Å². The Hall–Kier alpha value is -4.38. The Balaban J connectivity index is 1.47. The number of aryl methyl sites for hydroxylation is 2. The fraction of sp³-hybridized carbons (Fsp3) is 0.258. The van der Waals surface area contributed by atoms with Gasteiger partial charge in [0, 0.05) is 42.2 Å². The molecule has 220 valence electrons. The molecule has 0 bridgehead atoms. The number of aromatic nitrogens is 2. The fourth-order valence-corrected chi connectivity index (χ4v) is 4.72. The van der Waals surface area contributed by atoms with Crippen LogP contribution in [0.2, 0.25) is 0 Å². The molecule has 0 saturated carbocycles. The number of alkyl halides is 3.